The quantitative estimate of drug-likeness (QED) is 0.580. The molecule has 2 rings (SSSR count). The van der Waals surface area contributed by atoms with E-state index in [1.165, 1.54) is 14.0 Å². The van der Waals surface area contributed by atoms with Gasteiger partial charge in [0.15, 0.2) is 0 Å². The predicted molar refractivity (Wildman–Crippen MR) is 105 cm³/mol. The van der Waals surface area contributed by atoms with Crippen LogP contribution < -0.4 is 16.0 Å². The van der Waals surface area contributed by atoms with E-state index in [2.05, 4.69) is 16.0 Å². The molecule has 0 bridgehead atoms. The molecule has 0 aliphatic rings. The Bertz CT molecular complexity index is 949. The third-order valence-corrected chi connectivity index (χ3v) is 4.55. The fourth-order valence-electron chi connectivity index (χ4n) is 3.05. The highest BCUT2D eigenvalue weighted by Crippen LogP contribution is 2.33. The first-order valence-electron chi connectivity index (χ1n) is 9.23. The number of likely N-dealkylation sites (N-methyl/N-ethyl adjacent to an activating group) is 1. The summed E-state index contributed by atoms with van der Waals surface area (Å²) in [6, 6.07) is 8.74. The molecule has 3 N–H and O–H groups in total. The van der Waals surface area contributed by atoms with Gasteiger partial charge in [0.05, 0.1) is 11.1 Å². The maximum absolute atomic E-state index is 13.4. The lowest BCUT2D eigenvalue weighted by molar-refractivity contribution is -0.138. The van der Waals surface area contributed by atoms with Gasteiger partial charge >= 0.3 is 6.18 Å². The van der Waals surface area contributed by atoms with Crippen LogP contribution in [0.15, 0.2) is 48.5 Å². The minimum Gasteiger partial charge on any atom is -0.357 e. The minimum atomic E-state index is -4.98. The van der Waals surface area contributed by atoms with E-state index in [1.807, 2.05) is 0 Å². The van der Waals surface area contributed by atoms with Crippen LogP contribution in [0.25, 0.3) is 0 Å². The number of hydrogen-bond acceptors (Lipinski definition) is 3. The molecule has 10 heteroatoms. The van der Waals surface area contributed by atoms with Gasteiger partial charge in [-0.15, -0.1) is 0 Å². The molecule has 6 nitrogen and oxygen atoms in total. The monoisotopic (exact) mass is 439 g/mol. The Kier molecular flexibility index (Phi) is 7.73. The first kappa shape index (κ1) is 23.8. The highest BCUT2D eigenvalue weighted by Gasteiger charge is 2.37. The van der Waals surface area contributed by atoms with Crippen molar-refractivity contribution in [3.63, 3.8) is 0 Å². The van der Waals surface area contributed by atoms with Crippen LogP contribution in [-0.4, -0.2) is 37.4 Å². The zero-order valence-corrected chi connectivity index (χ0v) is 16.7. The molecular weight excluding hydrogens is 418 g/mol. The van der Waals surface area contributed by atoms with Gasteiger partial charge in [0.25, 0.3) is 5.91 Å². The molecule has 0 saturated heterocycles. The Hall–Kier alpha value is -3.43. The molecule has 0 aliphatic carbocycles. The summed E-state index contributed by atoms with van der Waals surface area (Å²) < 4.78 is 53.3. The van der Waals surface area contributed by atoms with Gasteiger partial charge in [0, 0.05) is 26.4 Å². The van der Waals surface area contributed by atoms with Crippen molar-refractivity contribution in [2.24, 2.45) is 0 Å². The second kappa shape index (κ2) is 10.1. The van der Waals surface area contributed by atoms with Gasteiger partial charge < -0.3 is 16.0 Å². The number of benzene rings is 2. The largest absolute Gasteiger partial charge is 0.417 e. The van der Waals surface area contributed by atoms with Crippen molar-refractivity contribution in [2.75, 3.05) is 13.6 Å². The summed E-state index contributed by atoms with van der Waals surface area (Å²) in [5.74, 6) is -4.21. The first-order chi connectivity index (χ1) is 14.5. The fraction of sp³-hybridized carbons (Fsp3) is 0.286. The van der Waals surface area contributed by atoms with E-state index in [0.29, 0.717) is 11.6 Å². The number of amides is 3. The summed E-state index contributed by atoms with van der Waals surface area (Å²) in [6.07, 6.45) is -4.98. The molecule has 0 heterocycles. The van der Waals surface area contributed by atoms with Gasteiger partial charge in [-0.05, 0) is 23.8 Å². The molecular formula is C21H21F4N3O3. The van der Waals surface area contributed by atoms with E-state index >= 15 is 0 Å². The van der Waals surface area contributed by atoms with Crippen LogP contribution in [0.3, 0.4) is 0 Å². The van der Waals surface area contributed by atoms with E-state index in [0.717, 1.165) is 6.07 Å². The lowest BCUT2D eigenvalue weighted by atomic mass is 9.90. The van der Waals surface area contributed by atoms with Gasteiger partial charge in [-0.2, -0.15) is 13.2 Å². The molecule has 0 fully saturated rings. The van der Waals surface area contributed by atoms with E-state index in [1.54, 1.807) is 30.3 Å². The SMILES string of the molecule is CNC(=O)[C@@H](NC(=O)c1ccc(F)cc1C(F)(F)F)[C@H](CNC(C)=O)c1ccccc1. The van der Waals surface area contributed by atoms with Crippen molar-refractivity contribution < 1.29 is 31.9 Å². The van der Waals surface area contributed by atoms with Crippen LogP contribution in [0, 0.1) is 5.82 Å². The van der Waals surface area contributed by atoms with Crippen molar-refractivity contribution in [1.82, 2.24) is 16.0 Å². The van der Waals surface area contributed by atoms with E-state index in [9.17, 15) is 31.9 Å². The number of hydrogen-bond donors (Lipinski definition) is 3. The summed E-state index contributed by atoms with van der Waals surface area (Å²) in [4.78, 5) is 36.7. The average molecular weight is 439 g/mol. The van der Waals surface area contributed by atoms with Gasteiger partial charge in [-0.1, -0.05) is 30.3 Å². The second-order valence-corrected chi connectivity index (χ2v) is 6.71. The van der Waals surface area contributed by atoms with Crippen molar-refractivity contribution >= 4 is 17.7 Å². The third kappa shape index (κ3) is 6.27. The molecule has 31 heavy (non-hydrogen) atoms. The summed E-state index contributed by atoms with van der Waals surface area (Å²) in [5.41, 5.74) is -1.71. The minimum absolute atomic E-state index is 0.0622. The normalized spacial score (nSPS) is 13.1. The van der Waals surface area contributed by atoms with Crippen LogP contribution in [0.5, 0.6) is 0 Å². The van der Waals surface area contributed by atoms with Crippen molar-refractivity contribution in [1.29, 1.82) is 0 Å². The Balaban J connectivity index is 2.45. The van der Waals surface area contributed by atoms with Gasteiger partial charge in [0.1, 0.15) is 11.9 Å². The maximum atomic E-state index is 13.4. The molecule has 0 radical (unpaired) electrons. The second-order valence-electron chi connectivity index (χ2n) is 6.71. The molecule has 0 spiro atoms. The zero-order valence-electron chi connectivity index (χ0n) is 16.7. The van der Waals surface area contributed by atoms with Crippen molar-refractivity contribution in [2.45, 2.75) is 25.1 Å². The van der Waals surface area contributed by atoms with Crippen LogP contribution in [0.2, 0.25) is 0 Å². The van der Waals surface area contributed by atoms with Crippen LogP contribution >= 0.6 is 0 Å². The van der Waals surface area contributed by atoms with Gasteiger partial charge in [-0.25, -0.2) is 4.39 Å². The summed E-state index contributed by atoms with van der Waals surface area (Å²) >= 11 is 0. The molecule has 0 aromatic heterocycles. The van der Waals surface area contributed by atoms with Gasteiger partial charge in [0.2, 0.25) is 11.8 Å². The number of halogens is 4. The van der Waals surface area contributed by atoms with Gasteiger partial charge in [-0.3, -0.25) is 14.4 Å². The number of carbonyl (C=O) groups excluding carboxylic acids is 3. The van der Waals surface area contributed by atoms with E-state index < -0.39 is 46.9 Å². The predicted octanol–water partition coefficient (Wildman–Crippen LogP) is 2.61. The zero-order chi connectivity index (χ0) is 23.2. The Morgan fingerprint density at radius 1 is 1.03 bits per heavy atom. The van der Waals surface area contributed by atoms with Crippen LogP contribution in [0.4, 0.5) is 17.6 Å². The third-order valence-electron chi connectivity index (χ3n) is 4.55. The van der Waals surface area contributed by atoms with Crippen molar-refractivity contribution in [3.05, 3.63) is 71.0 Å². The average Bonchev–Trinajstić information content (AvgIpc) is 2.72. The lowest BCUT2D eigenvalue weighted by Gasteiger charge is -2.28. The summed E-state index contributed by atoms with van der Waals surface area (Å²) in [5, 5.41) is 7.24. The molecule has 0 aliphatic heterocycles. The highest BCUT2D eigenvalue weighted by molar-refractivity contribution is 5.99. The highest BCUT2D eigenvalue weighted by atomic mass is 19.4. The Morgan fingerprint density at radius 3 is 2.23 bits per heavy atom. The standard InChI is InChI=1S/C21H21F4N3O3/c1-12(29)27-11-16(13-6-4-3-5-7-13)18(20(31)26-2)28-19(30)15-9-8-14(22)10-17(15)21(23,24)25/h3-10,16,18H,11H2,1-2H3,(H,26,31)(H,27,29)(H,28,30)/t16-,18+/m1/s1. The van der Waals surface area contributed by atoms with Crippen molar-refractivity contribution in [3.8, 4) is 0 Å². The Morgan fingerprint density at radius 2 is 1.68 bits per heavy atom. The fourth-order valence-corrected chi connectivity index (χ4v) is 3.05. The summed E-state index contributed by atoms with van der Waals surface area (Å²) in [6.45, 7) is 1.21. The van der Waals surface area contributed by atoms with E-state index in [-0.39, 0.29) is 18.5 Å². The van der Waals surface area contributed by atoms with E-state index in [4.69, 9.17) is 0 Å². The maximum Gasteiger partial charge on any atom is 0.417 e. The molecule has 166 valence electrons. The molecule has 2 aromatic rings. The van der Waals surface area contributed by atoms with Crippen LogP contribution in [0.1, 0.15) is 34.3 Å². The molecule has 0 unspecified atom stereocenters. The molecule has 2 atom stereocenters. The van der Waals surface area contributed by atoms with Crippen LogP contribution in [-0.2, 0) is 15.8 Å². The number of carbonyl (C=O) groups is 3. The lowest BCUT2D eigenvalue weighted by Crippen LogP contribution is -2.51. The molecule has 3 amide bonds. The Labute approximate surface area is 176 Å². The topological polar surface area (TPSA) is 87.3 Å². The smallest absolute Gasteiger partial charge is 0.357 e. The number of nitrogens with one attached hydrogen (secondary N) is 3. The number of rotatable bonds is 7. The first-order valence-corrected chi connectivity index (χ1v) is 9.23. The molecule has 2 aromatic carbocycles. The number of alkyl halides is 3. The summed E-state index contributed by atoms with van der Waals surface area (Å²) in [7, 11) is 1.31. The molecule has 0 saturated carbocycles.